The van der Waals surface area contributed by atoms with Gasteiger partial charge in [0, 0.05) is 31.3 Å². The van der Waals surface area contributed by atoms with E-state index in [9.17, 15) is 14.7 Å². The van der Waals surface area contributed by atoms with Gasteiger partial charge in [-0.15, -0.1) is 0 Å². The summed E-state index contributed by atoms with van der Waals surface area (Å²) in [6.45, 7) is 0. The number of piperidine rings is 1. The topological polar surface area (TPSA) is 75.4 Å². The molecule has 19 heavy (non-hydrogen) atoms. The first-order valence-electron chi connectivity index (χ1n) is 6.60. The number of hydrogen-bond acceptors (Lipinski definition) is 3. The van der Waals surface area contributed by atoms with E-state index in [0.717, 1.165) is 18.4 Å². The molecule has 1 amide bonds. The van der Waals surface area contributed by atoms with E-state index in [1.165, 1.54) is 0 Å². The quantitative estimate of drug-likeness (QED) is 0.880. The third-order valence-corrected chi connectivity index (χ3v) is 3.96. The second-order valence-electron chi connectivity index (χ2n) is 5.41. The van der Waals surface area contributed by atoms with Crippen LogP contribution < -0.4 is 0 Å². The van der Waals surface area contributed by atoms with Gasteiger partial charge >= 0.3 is 5.97 Å². The van der Waals surface area contributed by atoms with Gasteiger partial charge in [-0.2, -0.15) is 5.10 Å². The number of nitrogens with zero attached hydrogens (tertiary/aromatic N) is 3. The van der Waals surface area contributed by atoms with Gasteiger partial charge in [0.25, 0.3) is 0 Å². The van der Waals surface area contributed by atoms with E-state index in [-0.39, 0.29) is 18.0 Å². The van der Waals surface area contributed by atoms with Crippen LogP contribution in [0.3, 0.4) is 0 Å². The number of hydrogen-bond donors (Lipinski definition) is 1. The lowest BCUT2D eigenvalue weighted by Gasteiger charge is -2.39. The van der Waals surface area contributed by atoms with Crippen LogP contribution in [0.5, 0.6) is 0 Å². The van der Waals surface area contributed by atoms with Crippen molar-refractivity contribution in [3.05, 3.63) is 18.0 Å². The largest absolute Gasteiger partial charge is 0.481 e. The highest BCUT2D eigenvalue weighted by molar-refractivity contribution is 5.82. The maximum atomic E-state index is 12.1. The van der Waals surface area contributed by atoms with Crippen molar-refractivity contribution in [2.45, 2.75) is 37.8 Å². The maximum absolute atomic E-state index is 12.1. The van der Waals surface area contributed by atoms with E-state index in [0.29, 0.717) is 12.8 Å². The van der Waals surface area contributed by atoms with Crippen molar-refractivity contribution >= 4 is 11.9 Å². The molecule has 0 aromatic carbocycles. The molecule has 1 saturated carbocycles. The van der Waals surface area contributed by atoms with Crippen molar-refractivity contribution in [1.82, 2.24) is 14.7 Å². The Balaban J connectivity index is 1.99. The number of carbonyl (C=O) groups excluding carboxylic acids is 1. The van der Waals surface area contributed by atoms with Crippen LogP contribution in [-0.2, 0) is 16.6 Å². The molecule has 2 heterocycles. The van der Waals surface area contributed by atoms with Crippen molar-refractivity contribution in [3.8, 4) is 0 Å². The Morgan fingerprint density at radius 1 is 1.42 bits per heavy atom. The first-order valence-corrected chi connectivity index (χ1v) is 6.60. The average molecular weight is 263 g/mol. The van der Waals surface area contributed by atoms with Crippen molar-refractivity contribution in [2.75, 3.05) is 0 Å². The molecule has 0 bridgehead atoms. The lowest BCUT2D eigenvalue weighted by Crippen LogP contribution is -2.46. The van der Waals surface area contributed by atoms with E-state index >= 15 is 0 Å². The Morgan fingerprint density at radius 3 is 2.68 bits per heavy atom. The van der Waals surface area contributed by atoms with Crippen LogP contribution in [0.1, 0.15) is 37.3 Å². The van der Waals surface area contributed by atoms with Crippen molar-refractivity contribution in [3.63, 3.8) is 0 Å². The third-order valence-electron chi connectivity index (χ3n) is 3.96. The number of aromatic nitrogens is 2. The van der Waals surface area contributed by atoms with Gasteiger partial charge in [-0.25, -0.2) is 0 Å². The van der Waals surface area contributed by atoms with E-state index in [2.05, 4.69) is 5.10 Å². The molecule has 3 rings (SSSR count). The number of aryl methyl sites for hydroxylation is 1. The zero-order valence-electron chi connectivity index (χ0n) is 10.8. The molecule has 1 saturated heterocycles. The highest BCUT2D eigenvalue weighted by Gasteiger charge is 2.46. The van der Waals surface area contributed by atoms with Gasteiger partial charge < -0.3 is 10.0 Å². The first kappa shape index (κ1) is 12.2. The number of carboxylic acids is 1. The van der Waals surface area contributed by atoms with Crippen LogP contribution in [0.25, 0.3) is 0 Å². The predicted octanol–water partition coefficient (Wildman–Crippen LogP) is 0.947. The highest BCUT2D eigenvalue weighted by Crippen LogP contribution is 2.43. The van der Waals surface area contributed by atoms with Crippen LogP contribution in [0, 0.1) is 5.92 Å². The smallest absolute Gasteiger partial charge is 0.308 e. The fourth-order valence-corrected chi connectivity index (χ4v) is 2.94. The monoisotopic (exact) mass is 263 g/mol. The molecular formula is C13H17N3O3. The Kier molecular flexibility index (Phi) is 2.80. The van der Waals surface area contributed by atoms with Crippen LogP contribution in [-0.4, -0.2) is 37.7 Å². The van der Waals surface area contributed by atoms with Gasteiger partial charge in [-0.05, 0) is 19.3 Å². The number of carbonyl (C=O) groups is 2. The summed E-state index contributed by atoms with van der Waals surface area (Å²) in [5.41, 5.74) is 0.829. The van der Waals surface area contributed by atoms with Gasteiger partial charge in [-0.1, -0.05) is 0 Å². The number of amides is 1. The Labute approximate surface area is 111 Å². The van der Waals surface area contributed by atoms with E-state index in [1.54, 1.807) is 22.8 Å². The van der Waals surface area contributed by atoms with Gasteiger partial charge in [0.15, 0.2) is 0 Å². The van der Waals surface area contributed by atoms with Gasteiger partial charge in [0.05, 0.1) is 18.2 Å². The number of carboxylic acid groups (broad SMARTS) is 1. The molecule has 1 N–H and O–H groups in total. The Morgan fingerprint density at radius 2 is 2.16 bits per heavy atom. The Hall–Kier alpha value is -1.85. The zero-order chi connectivity index (χ0) is 13.6. The van der Waals surface area contributed by atoms with Gasteiger partial charge in [0.2, 0.25) is 5.91 Å². The molecule has 102 valence electrons. The molecule has 0 radical (unpaired) electrons. The number of rotatable bonds is 3. The van der Waals surface area contributed by atoms with E-state index in [4.69, 9.17) is 0 Å². The molecule has 2 aliphatic rings. The van der Waals surface area contributed by atoms with Crippen molar-refractivity contribution in [1.29, 1.82) is 0 Å². The molecule has 2 unspecified atom stereocenters. The summed E-state index contributed by atoms with van der Waals surface area (Å²) in [7, 11) is 1.80. The molecule has 2 fully saturated rings. The first-order chi connectivity index (χ1) is 9.08. The molecular weight excluding hydrogens is 246 g/mol. The minimum absolute atomic E-state index is 0.0776. The van der Waals surface area contributed by atoms with Gasteiger partial charge in [-0.3, -0.25) is 14.3 Å². The van der Waals surface area contributed by atoms with Crippen LogP contribution >= 0.6 is 0 Å². The molecule has 1 aromatic heterocycles. The second kappa shape index (κ2) is 4.36. The summed E-state index contributed by atoms with van der Waals surface area (Å²) in [6.07, 6.45) is 6.20. The summed E-state index contributed by atoms with van der Waals surface area (Å²) in [4.78, 5) is 25.4. The molecule has 0 spiro atoms. The predicted molar refractivity (Wildman–Crippen MR) is 66.2 cm³/mol. The Bertz CT molecular complexity index is 521. The summed E-state index contributed by atoms with van der Waals surface area (Å²) in [5.74, 6) is -1.27. The fourth-order valence-electron chi connectivity index (χ4n) is 2.94. The molecule has 1 aliphatic heterocycles. The summed E-state index contributed by atoms with van der Waals surface area (Å²) >= 11 is 0. The lowest BCUT2D eigenvalue weighted by molar-refractivity contribution is -0.152. The zero-order valence-corrected chi connectivity index (χ0v) is 10.8. The number of aliphatic carboxylic acids is 1. The van der Waals surface area contributed by atoms with Crippen LogP contribution in [0.2, 0.25) is 0 Å². The maximum Gasteiger partial charge on any atom is 0.308 e. The summed E-state index contributed by atoms with van der Waals surface area (Å²) in [6, 6.07) is -0.139. The summed E-state index contributed by atoms with van der Waals surface area (Å²) in [5, 5.41) is 13.5. The van der Waals surface area contributed by atoms with Crippen molar-refractivity contribution < 1.29 is 14.7 Å². The summed E-state index contributed by atoms with van der Waals surface area (Å²) < 4.78 is 1.65. The molecule has 2 atom stereocenters. The van der Waals surface area contributed by atoms with Crippen LogP contribution in [0.4, 0.5) is 0 Å². The third kappa shape index (κ3) is 2.11. The van der Waals surface area contributed by atoms with Crippen LogP contribution in [0.15, 0.2) is 12.4 Å². The van der Waals surface area contributed by atoms with Gasteiger partial charge in [0.1, 0.15) is 0 Å². The molecule has 6 heteroatoms. The fraction of sp³-hybridized carbons (Fsp3) is 0.615. The average Bonchev–Trinajstić information content (AvgIpc) is 3.10. The second-order valence-corrected chi connectivity index (χ2v) is 5.41. The SMILES string of the molecule is Cn1cc(C2C(C(=O)O)CCC(=O)N2C2CC2)cn1. The van der Waals surface area contributed by atoms with Crippen molar-refractivity contribution in [2.24, 2.45) is 13.0 Å². The highest BCUT2D eigenvalue weighted by atomic mass is 16.4. The normalized spacial score (nSPS) is 27.6. The van der Waals surface area contributed by atoms with E-state index in [1.807, 2.05) is 6.20 Å². The minimum atomic E-state index is -0.827. The molecule has 1 aliphatic carbocycles. The minimum Gasteiger partial charge on any atom is -0.481 e. The molecule has 6 nitrogen and oxygen atoms in total. The lowest BCUT2D eigenvalue weighted by atomic mass is 9.85. The number of likely N-dealkylation sites (tertiary alicyclic amines) is 1. The standard InChI is InChI=1S/C13H17N3O3/c1-15-7-8(6-14-15)12-10(13(18)19)4-5-11(17)16(12)9-2-3-9/h6-7,9-10,12H,2-5H2,1H3,(H,18,19). The van der Waals surface area contributed by atoms with E-state index < -0.39 is 11.9 Å². The molecule has 1 aromatic rings.